The summed E-state index contributed by atoms with van der Waals surface area (Å²) in [4.78, 5) is 27.2. The summed E-state index contributed by atoms with van der Waals surface area (Å²) < 4.78 is 19.5. The third kappa shape index (κ3) is 4.37. The van der Waals surface area contributed by atoms with Crippen LogP contribution < -0.4 is 10.1 Å². The van der Waals surface area contributed by atoms with E-state index in [1.54, 1.807) is 42.5 Å². The summed E-state index contributed by atoms with van der Waals surface area (Å²) in [5.41, 5.74) is 1.11. The Balaban J connectivity index is 1.77. The molecule has 0 aromatic heterocycles. The Morgan fingerprint density at radius 1 is 1.23 bits per heavy atom. The summed E-state index contributed by atoms with van der Waals surface area (Å²) in [5.74, 6) is -0.538. The van der Waals surface area contributed by atoms with E-state index < -0.39 is 5.91 Å². The molecule has 132 valence electrons. The molecule has 1 aliphatic heterocycles. The van der Waals surface area contributed by atoms with E-state index in [0.717, 1.165) is 11.8 Å². The number of carbonyl (C=O) groups is 2. The van der Waals surface area contributed by atoms with Crippen LogP contribution in [0.25, 0.3) is 6.08 Å². The van der Waals surface area contributed by atoms with Crippen LogP contribution in [0.1, 0.15) is 18.1 Å². The largest absolute Gasteiger partial charge is 0.488 e. The second kappa shape index (κ2) is 7.97. The first-order valence-corrected chi connectivity index (χ1v) is 8.60. The fourth-order valence-electron chi connectivity index (χ4n) is 2.26. The fourth-order valence-corrected chi connectivity index (χ4v) is 3.11. The third-order valence-electron chi connectivity index (χ3n) is 3.45. The standard InChI is InChI=1S/C19H15FN2O3S/c1-12(23)21-19-22-18(24)17(26-19)10-13-6-3-5-9-16(13)25-11-14-7-2-4-8-15(14)20/h2-10H,11H2,1H3,(H,21,22,23,24)/b17-10+. The van der Waals surface area contributed by atoms with Crippen molar-refractivity contribution in [1.82, 2.24) is 5.32 Å². The lowest BCUT2D eigenvalue weighted by Crippen LogP contribution is -2.23. The van der Waals surface area contributed by atoms with Crippen molar-refractivity contribution in [2.45, 2.75) is 13.5 Å². The molecule has 1 aliphatic rings. The lowest BCUT2D eigenvalue weighted by atomic mass is 10.2. The maximum atomic E-state index is 13.7. The number of thioether (sulfide) groups is 1. The van der Waals surface area contributed by atoms with Gasteiger partial charge in [-0.3, -0.25) is 9.59 Å². The number of para-hydroxylation sites is 1. The van der Waals surface area contributed by atoms with Gasteiger partial charge in [0.2, 0.25) is 5.91 Å². The molecule has 0 bridgehead atoms. The molecule has 2 amide bonds. The number of rotatable bonds is 4. The number of halogens is 1. The number of amides is 2. The minimum Gasteiger partial charge on any atom is -0.488 e. The number of ether oxygens (including phenoxy) is 1. The van der Waals surface area contributed by atoms with Gasteiger partial charge in [-0.15, -0.1) is 0 Å². The van der Waals surface area contributed by atoms with Crippen molar-refractivity contribution in [3.05, 3.63) is 70.4 Å². The highest BCUT2D eigenvalue weighted by atomic mass is 32.2. The Morgan fingerprint density at radius 3 is 2.73 bits per heavy atom. The zero-order valence-corrected chi connectivity index (χ0v) is 14.7. The van der Waals surface area contributed by atoms with Crippen LogP contribution in [0.15, 0.2) is 58.4 Å². The number of aliphatic imine (C=N–C) groups is 1. The first-order chi connectivity index (χ1) is 12.5. The van der Waals surface area contributed by atoms with Crippen molar-refractivity contribution in [3.63, 3.8) is 0 Å². The van der Waals surface area contributed by atoms with Gasteiger partial charge in [0.05, 0.1) is 4.91 Å². The number of carbonyl (C=O) groups excluding carboxylic acids is 2. The average molecular weight is 370 g/mol. The van der Waals surface area contributed by atoms with Crippen molar-refractivity contribution in [2.75, 3.05) is 0 Å². The first-order valence-electron chi connectivity index (χ1n) is 7.78. The zero-order chi connectivity index (χ0) is 18.5. The summed E-state index contributed by atoms with van der Waals surface area (Å²) >= 11 is 1.08. The molecule has 1 N–H and O–H groups in total. The number of amidine groups is 1. The predicted octanol–water partition coefficient (Wildman–Crippen LogP) is 3.51. The summed E-state index contributed by atoms with van der Waals surface area (Å²) in [7, 11) is 0. The summed E-state index contributed by atoms with van der Waals surface area (Å²) in [6.07, 6.45) is 1.64. The maximum absolute atomic E-state index is 13.7. The van der Waals surface area contributed by atoms with E-state index in [4.69, 9.17) is 4.74 Å². The number of hydrogen-bond donors (Lipinski definition) is 1. The van der Waals surface area contributed by atoms with Gasteiger partial charge in [-0.1, -0.05) is 36.4 Å². The fraction of sp³-hybridized carbons (Fsp3) is 0.105. The van der Waals surface area contributed by atoms with Gasteiger partial charge in [-0.25, -0.2) is 4.39 Å². The number of benzene rings is 2. The highest BCUT2D eigenvalue weighted by Gasteiger charge is 2.23. The van der Waals surface area contributed by atoms with E-state index in [0.29, 0.717) is 21.8 Å². The topological polar surface area (TPSA) is 67.8 Å². The molecule has 0 radical (unpaired) electrons. The molecule has 0 saturated heterocycles. The molecule has 0 spiro atoms. The van der Waals surface area contributed by atoms with Crippen LogP contribution in [0.3, 0.4) is 0 Å². The molecular formula is C19H15FN2O3S. The highest BCUT2D eigenvalue weighted by molar-refractivity contribution is 8.18. The number of nitrogens with one attached hydrogen (secondary N) is 1. The van der Waals surface area contributed by atoms with E-state index in [9.17, 15) is 14.0 Å². The first kappa shape index (κ1) is 17.9. The minimum absolute atomic E-state index is 0.0710. The highest BCUT2D eigenvalue weighted by Crippen LogP contribution is 2.30. The minimum atomic E-state index is -0.428. The predicted molar refractivity (Wildman–Crippen MR) is 99.0 cm³/mol. The Labute approximate surface area is 154 Å². The van der Waals surface area contributed by atoms with Crippen LogP contribution in [0.5, 0.6) is 5.75 Å². The van der Waals surface area contributed by atoms with Crippen LogP contribution >= 0.6 is 11.8 Å². The van der Waals surface area contributed by atoms with Crippen molar-refractivity contribution in [3.8, 4) is 5.75 Å². The molecule has 0 fully saturated rings. The van der Waals surface area contributed by atoms with Crippen molar-refractivity contribution in [1.29, 1.82) is 0 Å². The molecule has 7 heteroatoms. The van der Waals surface area contributed by atoms with Crippen LogP contribution in [0.4, 0.5) is 4.39 Å². The molecule has 2 aromatic rings. The molecule has 0 unspecified atom stereocenters. The molecule has 0 atom stereocenters. The lowest BCUT2D eigenvalue weighted by Gasteiger charge is -2.10. The number of hydrogen-bond acceptors (Lipinski definition) is 4. The maximum Gasteiger partial charge on any atom is 0.286 e. The Bertz CT molecular complexity index is 925. The lowest BCUT2D eigenvalue weighted by molar-refractivity contribution is -0.117. The smallest absolute Gasteiger partial charge is 0.286 e. The van der Waals surface area contributed by atoms with Crippen LogP contribution in [0, 0.1) is 5.82 Å². The van der Waals surface area contributed by atoms with Crippen molar-refractivity contribution >= 4 is 34.8 Å². The molecule has 2 aromatic carbocycles. The Kier molecular flexibility index (Phi) is 5.48. The molecule has 1 heterocycles. The van der Waals surface area contributed by atoms with Gasteiger partial charge in [0.1, 0.15) is 18.2 Å². The Morgan fingerprint density at radius 2 is 1.96 bits per heavy atom. The molecule has 0 saturated carbocycles. The van der Waals surface area contributed by atoms with Crippen molar-refractivity contribution in [2.24, 2.45) is 4.99 Å². The summed E-state index contributed by atoms with van der Waals surface area (Å²) in [6.45, 7) is 1.42. The van der Waals surface area contributed by atoms with E-state index in [1.165, 1.54) is 13.0 Å². The average Bonchev–Trinajstić information content (AvgIpc) is 2.93. The monoisotopic (exact) mass is 370 g/mol. The van der Waals surface area contributed by atoms with Crippen LogP contribution in [0.2, 0.25) is 0 Å². The van der Waals surface area contributed by atoms with Crippen molar-refractivity contribution < 1.29 is 18.7 Å². The van der Waals surface area contributed by atoms with E-state index >= 15 is 0 Å². The van der Waals surface area contributed by atoms with Gasteiger partial charge in [0.25, 0.3) is 5.91 Å². The van der Waals surface area contributed by atoms with Crippen LogP contribution in [-0.2, 0) is 16.2 Å². The van der Waals surface area contributed by atoms with Gasteiger partial charge in [0.15, 0.2) is 5.17 Å². The molecule has 0 aliphatic carbocycles. The van der Waals surface area contributed by atoms with Crippen LogP contribution in [-0.4, -0.2) is 17.0 Å². The van der Waals surface area contributed by atoms with E-state index in [-0.39, 0.29) is 23.5 Å². The summed E-state index contributed by atoms with van der Waals surface area (Å²) in [6, 6.07) is 13.5. The SMILES string of the molecule is CC(=O)NC1=NC(=O)/C(=C\c2ccccc2OCc2ccccc2F)S1. The molecular weight excluding hydrogens is 355 g/mol. The second-order valence-corrected chi connectivity index (χ2v) is 6.46. The van der Waals surface area contributed by atoms with E-state index in [1.807, 2.05) is 6.07 Å². The van der Waals surface area contributed by atoms with E-state index in [2.05, 4.69) is 10.3 Å². The second-order valence-electron chi connectivity index (χ2n) is 5.43. The van der Waals surface area contributed by atoms with Gasteiger partial charge < -0.3 is 10.1 Å². The summed E-state index contributed by atoms with van der Waals surface area (Å²) in [5, 5.41) is 2.74. The van der Waals surface area contributed by atoms with Gasteiger partial charge in [0, 0.05) is 18.1 Å². The molecule has 3 rings (SSSR count). The third-order valence-corrected chi connectivity index (χ3v) is 4.35. The quantitative estimate of drug-likeness (QED) is 0.837. The Hall–Kier alpha value is -2.93. The molecule has 26 heavy (non-hydrogen) atoms. The normalized spacial score (nSPS) is 15.1. The van der Waals surface area contributed by atoms with Gasteiger partial charge in [-0.05, 0) is 30.0 Å². The zero-order valence-electron chi connectivity index (χ0n) is 13.9. The molecule has 5 nitrogen and oxygen atoms in total. The van der Waals surface area contributed by atoms with Gasteiger partial charge >= 0.3 is 0 Å². The number of nitrogens with zero attached hydrogens (tertiary/aromatic N) is 1. The van der Waals surface area contributed by atoms with Gasteiger partial charge in [-0.2, -0.15) is 4.99 Å².